The van der Waals surface area contributed by atoms with E-state index in [1.165, 1.54) is 10.6 Å². The van der Waals surface area contributed by atoms with Gasteiger partial charge in [-0.25, -0.2) is 9.97 Å². The van der Waals surface area contributed by atoms with E-state index in [1.54, 1.807) is 19.2 Å². The molecule has 0 bridgehead atoms. The van der Waals surface area contributed by atoms with Crippen LogP contribution in [-0.4, -0.2) is 19.7 Å². The van der Waals surface area contributed by atoms with Crippen LogP contribution in [0.2, 0.25) is 5.02 Å². The molecule has 10 heteroatoms. The second kappa shape index (κ2) is 6.20. The van der Waals surface area contributed by atoms with Crippen molar-refractivity contribution in [1.82, 2.24) is 14.5 Å². The Balaban J connectivity index is 2.09. The lowest BCUT2D eigenvalue weighted by Crippen LogP contribution is -2.05. The summed E-state index contributed by atoms with van der Waals surface area (Å²) in [5.41, 5.74) is 6.00. The Kier molecular flexibility index (Phi) is 4.34. The predicted molar refractivity (Wildman–Crippen MR) is 91.4 cm³/mol. The highest BCUT2D eigenvalue weighted by molar-refractivity contribution is 6.70. The number of nitrogens with zero attached hydrogens (tertiary/aromatic N) is 4. The third-order valence-corrected chi connectivity index (χ3v) is 3.97. The van der Waals surface area contributed by atoms with E-state index in [-0.39, 0.29) is 22.3 Å². The van der Waals surface area contributed by atoms with Crippen LogP contribution in [0.5, 0.6) is 0 Å². The average Bonchev–Trinajstić information content (AvgIpc) is 2.84. The van der Waals surface area contributed by atoms with Crippen LogP contribution in [0.15, 0.2) is 35.5 Å². The summed E-state index contributed by atoms with van der Waals surface area (Å²) < 4.78 is 39.8. The molecule has 0 unspecified atom stereocenters. The zero-order valence-corrected chi connectivity index (χ0v) is 14.2. The summed E-state index contributed by atoms with van der Waals surface area (Å²) in [6.07, 6.45) is -3.76. The zero-order valence-electron chi connectivity index (χ0n) is 12.6. The molecule has 0 atom stereocenters. The molecule has 0 spiro atoms. The molecule has 0 aliphatic rings. The fourth-order valence-corrected chi connectivity index (χ4v) is 2.59. The van der Waals surface area contributed by atoms with Gasteiger partial charge in [-0.2, -0.15) is 18.2 Å². The van der Waals surface area contributed by atoms with E-state index >= 15 is 0 Å². The summed E-state index contributed by atoms with van der Waals surface area (Å²) in [6, 6.07) is 5.61. The van der Waals surface area contributed by atoms with Gasteiger partial charge in [0.2, 0.25) is 5.95 Å². The minimum Gasteiger partial charge on any atom is -0.398 e. The van der Waals surface area contributed by atoms with Crippen molar-refractivity contribution >= 4 is 51.2 Å². The predicted octanol–water partition coefficient (Wildman–Crippen LogP) is 4.54. The number of benzene rings is 1. The van der Waals surface area contributed by atoms with Gasteiger partial charge in [-0.15, -0.1) is 0 Å². The first-order valence-electron chi connectivity index (χ1n) is 6.86. The van der Waals surface area contributed by atoms with E-state index in [9.17, 15) is 13.2 Å². The highest BCUT2D eigenvalue weighted by Gasteiger charge is 2.31. The Morgan fingerprint density at radius 3 is 2.68 bits per heavy atom. The third-order valence-electron chi connectivity index (χ3n) is 3.45. The molecule has 0 saturated heterocycles. The zero-order chi connectivity index (χ0) is 18.4. The highest BCUT2D eigenvalue weighted by atomic mass is 35.5. The van der Waals surface area contributed by atoms with Crippen LogP contribution in [-0.2, 0) is 13.2 Å². The number of fused-ring (bicyclic) bond motifs is 1. The Morgan fingerprint density at radius 1 is 1.28 bits per heavy atom. The summed E-state index contributed by atoms with van der Waals surface area (Å²) in [7, 11) is 1.57. The quantitative estimate of drug-likeness (QED) is 0.518. The first kappa shape index (κ1) is 17.5. The summed E-state index contributed by atoms with van der Waals surface area (Å²) in [5, 5.41) is 0.425. The molecule has 5 nitrogen and oxygen atoms in total. The summed E-state index contributed by atoms with van der Waals surface area (Å²) >= 11 is 12.1. The molecule has 0 amide bonds. The molecule has 0 saturated carbocycles. The Labute approximate surface area is 149 Å². The SMILES string of the molecule is Cn1c(N=C(Cl)c2cc(Cl)ccc2N)nc2cc(C(F)(F)F)cnc21. The van der Waals surface area contributed by atoms with Gasteiger partial charge < -0.3 is 5.73 Å². The molecule has 130 valence electrons. The summed E-state index contributed by atoms with van der Waals surface area (Å²) in [5.74, 6) is 0.0891. The van der Waals surface area contributed by atoms with Crippen LogP contribution in [0.25, 0.3) is 11.2 Å². The normalized spacial score (nSPS) is 12.8. The van der Waals surface area contributed by atoms with Gasteiger partial charge in [0.1, 0.15) is 10.7 Å². The van der Waals surface area contributed by atoms with Crippen LogP contribution in [0.3, 0.4) is 0 Å². The van der Waals surface area contributed by atoms with Crippen LogP contribution in [0.1, 0.15) is 11.1 Å². The summed E-state index contributed by atoms with van der Waals surface area (Å²) in [6.45, 7) is 0. The molecule has 0 aliphatic carbocycles. The van der Waals surface area contributed by atoms with Crippen molar-refractivity contribution < 1.29 is 13.2 Å². The van der Waals surface area contributed by atoms with Crippen LogP contribution in [0.4, 0.5) is 24.8 Å². The van der Waals surface area contributed by atoms with Crippen molar-refractivity contribution in [3.05, 3.63) is 46.6 Å². The van der Waals surface area contributed by atoms with Crippen LogP contribution in [0, 0.1) is 0 Å². The standard InChI is InChI=1S/C15H10Cl2F3N5/c1-25-13-11(4-7(6-22-13)15(18,19)20)23-14(25)24-12(17)9-5-8(16)2-3-10(9)21/h2-6H,21H2,1H3. The minimum absolute atomic E-state index is 0.00875. The molecule has 25 heavy (non-hydrogen) atoms. The Bertz CT molecular complexity index is 995. The molecule has 2 heterocycles. The van der Waals surface area contributed by atoms with Gasteiger partial charge in [0.25, 0.3) is 0 Å². The van der Waals surface area contributed by atoms with E-state index < -0.39 is 11.7 Å². The second-order valence-corrected chi connectivity index (χ2v) is 5.96. The number of hydrogen-bond acceptors (Lipinski definition) is 4. The van der Waals surface area contributed by atoms with Gasteiger partial charge in [-0.05, 0) is 24.3 Å². The van der Waals surface area contributed by atoms with Gasteiger partial charge >= 0.3 is 6.18 Å². The number of aliphatic imine (C=N–C) groups is 1. The number of rotatable bonds is 2. The smallest absolute Gasteiger partial charge is 0.398 e. The highest BCUT2D eigenvalue weighted by Crippen LogP contribution is 2.31. The van der Waals surface area contributed by atoms with Crippen LogP contribution < -0.4 is 5.73 Å². The van der Waals surface area contributed by atoms with E-state index in [0.717, 1.165) is 12.3 Å². The maximum Gasteiger partial charge on any atom is 0.417 e. The van der Waals surface area contributed by atoms with Gasteiger partial charge in [0.15, 0.2) is 5.65 Å². The molecular weight excluding hydrogens is 378 g/mol. The number of imidazole rings is 1. The maximum absolute atomic E-state index is 12.8. The lowest BCUT2D eigenvalue weighted by atomic mass is 10.2. The number of alkyl halides is 3. The number of nitrogen functional groups attached to an aromatic ring is 1. The molecule has 2 N–H and O–H groups in total. The fraction of sp³-hybridized carbons (Fsp3) is 0.133. The minimum atomic E-state index is -4.50. The summed E-state index contributed by atoms with van der Waals surface area (Å²) in [4.78, 5) is 12.0. The van der Waals surface area contributed by atoms with Gasteiger partial charge in [-0.1, -0.05) is 23.2 Å². The topological polar surface area (TPSA) is 69.1 Å². The van der Waals surface area contributed by atoms with Gasteiger partial charge in [0, 0.05) is 29.5 Å². The lowest BCUT2D eigenvalue weighted by Gasteiger charge is -2.05. The lowest BCUT2D eigenvalue weighted by molar-refractivity contribution is -0.137. The molecular formula is C15H10Cl2F3N5. The first-order chi connectivity index (χ1) is 11.7. The number of hydrogen-bond donors (Lipinski definition) is 1. The van der Waals surface area contributed by atoms with E-state index in [2.05, 4.69) is 15.0 Å². The molecule has 0 aliphatic heterocycles. The Morgan fingerprint density at radius 2 is 2.00 bits per heavy atom. The van der Waals surface area contributed by atoms with Crippen molar-refractivity contribution in [2.45, 2.75) is 6.18 Å². The largest absolute Gasteiger partial charge is 0.417 e. The van der Waals surface area contributed by atoms with Crippen LogP contribution >= 0.6 is 23.2 Å². The van der Waals surface area contributed by atoms with Crippen molar-refractivity contribution in [1.29, 1.82) is 0 Å². The number of aryl methyl sites for hydroxylation is 1. The van der Waals surface area contributed by atoms with E-state index in [1.807, 2.05) is 0 Å². The molecule has 3 rings (SSSR count). The van der Waals surface area contributed by atoms with Crippen molar-refractivity contribution in [3.63, 3.8) is 0 Å². The first-order valence-corrected chi connectivity index (χ1v) is 7.61. The average molecular weight is 388 g/mol. The number of aromatic nitrogens is 3. The molecule has 2 aromatic heterocycles. The van der Waals surface area contributed by atoms with Crippen molar-refractivity contribution in [2.75, 3.05) is 5.73 Å². The van der Waals surface area contributed by atoms with Crippen molar-refractivity contribution in [2.24, 2.45) is 12.0 Å². The maximum atomic E-state index is 12.8. The molecule has 3 aromatic rings. The van der Waals surface area contributed by atoms with E-state index in [4.69, 9.17) is 28.9 Å². The third kappa shape index (κ3) is 3.40. The van der Waals surface area contributed by atoms with Gasteiger partial charge in [-0.3, -0.25) is 4.57 Å². The second-order valence-electron chi connectivity index (χ2n) is 5.17. The number of nitrogens with two attached hydrogens (primary N) is 1. The number of anilines is 1. The fourth-order valence-electron chi connectivity index (χ4n) is 2.17. The van der Waals surface area contributed by atoms with E-state index in [0.29, 0.717) is 16.3 Å². The molecule has 1 aromatic carbocycles. The number of halogens is 5. The van der Waals surface area contributed by atoms with Gasteiger partial charge in [0.05, 0.1) is 5.56 Å². The molecule has 0 fully saturated rings. The number of pyridine rings is 1. The monoisotopic (exact) mass is 387 g/mol. The van der Waals surface area contributed by atoms with Crippen molar-refractivity contribution in [3.8, 4) is 0 Å². The molecule has 0 radical (unpaired) electrons. The Hall–Kier alpha value is -2.32.